The summed E-state index contributed by atoms with van der Waals surface area (Å²) in [7, 11) is 0. The highest BCUT2D eigenvalue weighted by molar-refractivity contribution is 6.08. The monoisotopic (exact) mass is 355 g/mol. The molecule has 0 spiro atoms. The van der Waals surface area contributed by atoms with Gasteiger partial charge in [-0.1, -0.05) is 0 Å². The number of carbonyl (C=O) groups excluding carboxylic acids is 1. The normalized spacial score (nSPS) is 14.4. The van der Waals surface area contributed by atoms with Crippen molar-refractivity contribution in [2.24, 2.45) is 0 Å². The lowest BCUT2D eigenvalue weighted by Crippen LogP contribution is -2.39. The Kier molecular flexibility index (Phi) is 3.90. The molecule has 10 heteroatoms. The van der Waals surface area contributed by atoms with Gasteiger partial charge in [-0.05, 0) is 24.1 Å². The summed E-state index contributed by atoms with van der Waals surface area (Å²) in [5.41, 5.74) is -2.39. The van der Waals surface area contributed by atoms with Crippen LogP contribution < -0.4 is 4.90 Å². The highest BCUT2D eigenvalue weighted by Gasteiger charge is 2.38. The van der Waals surface area contributed by atoms with Gasteiger partial charge in [-0.3, -0.25) is 19.9 Å². The molecule has 0 saturated carbocycles. The van der Waals surface area contributed by atoms with Crippen LogP contribution in [0.15, 0.2) is 30.6 Å². The van der Waals surface area contributed by atoms with Crippen molar-refractivity contribution in [1.29, 1.82) is 0 Å². The van der Waals surface area contributed by atoms with E-state index >= 15 is 0 Å². The zero-order chi connectivity index (χ0) is 18.4. The first-order chi connectivity index (χ1) is 11.7. The Hall–Kier alpha value is -3.04. The van der Waals surface area contributed by atoms with Crippen LogP contribution in [-0.4, -0.2) is 22.4 Å². The van der Waals surface area contributed by atoms with Gasteiger partial charge >= 0.3 is 11.9 Å². The molecule has 0 atom stereocenters. The van der Waals surface area contributed by atoms with E-state index in [0.717, 1.165) is 35.5 Å². The molecule has 0 radical (unpaired) electrons. The predicted molar refractivity (Wildman–Crippen MR) is 77.7 cm³/mol. The molecular formula is C15H9F4N3O3. The Morgan fingerprint density at radius 3 is 2.64 bits per heavy atom. The zero-order valence-corrected chi connectivity index (χ0v) is 12.4. The first-order valence-corrected chi connectivity index (χ1v) is 7.00. The van der Waals surface area contributed by atoms with Crippen molar-refractivity contribution in [3.63, 3.8) is 0 Å². The van der Waals surface area contributed by atoms with E-state index in [1.165, 1.54) is 0 Å². The molecule has 1 aromatic carbocycles. The van der Waals surface area contributed by atoms with Gasteiger partial charge in [0, 0.05) is 18.8 Å². The number of nitro benzene ring substituents is 1. The largest absolute Gasteiger partial charge is 0.418 e. The first kappa shape index (κ1) is 16.8. The van der Waals surface area contributed by atoms with Crippen LogP contribution in [0.4, 0.5) is 28.9 Å². The van der Waals surface area contributed by atoms with Crippen LogP contribution in [-0.2, 0) is 12.6 Å². The lowest BCUT2D eigenvalue weighted by atomic mass is 9.97. The number of hydrogen-bond acceptors (Lipinski definition) is 4. The van der Waals surface area contributed by atoms with Crippen LogP contribution in [0.5, 0.6) is 0 Å². The van der Waals surface area contributed by atoms with Crippen LogP contribution in [0.25, 0.3) is 0 Å². The van der Waals surface area contributed by atoms with E-state index in [1.807, 2.05) is 0 Å². The smallest absolute Gasteiger partial charge is 0.306 e. The van der Waals surface area contributed by atoms with Crippen LogP contribution in [0.1, 0.15) is 21.5 Å². The van der Waals surface area contributed by atoms with Gasteiger partial charge in [0.2, 0.25) is 5.82 Å². The third-order valence-corrected chi connectivity index (χ3v) is 3.85. The number of hydrogen-bond donors (Lipinski definition) is 0. The van der Waals surface area contributed by atoms with E-state index in [4.69, 9.17) is 0 Å². The van der Waals surface area contributed by atoms with Gasteiger partial charge in [0.25, 0.3) is 5.91 Å². The van der Waals surface area contributed by atoms with Gasteiger partial charge in [-0.2, -0.15) is 17.6 Å². The quantitative estimate of drug-likeness (QED) is 0.470. The number of nitro groups is 1. The third kappa shape index (κ3) is 2.90. The van der Waals surface area contributed by atoms with Crippen molar-refractivity contribution in [2.75, 3.05) is 11.4 Å². The average Bonchev–Trinajstić information content (AvgIpc) is 2.53. The summed E-state index contributed by atoms with van der Waals surface area (Å²) in [6, 6.07) is 2.37. The van der Waals surface area contributed by atoms with Gasteiger partial charge < -0.3 is 4.90 Å². The number of anilines is 1. The zero-order valence-electron chi connectivity index (χ0n) is 12.4. The second kappa shape index (κ2) is 5.80. The summed E-state index contributed by atoms with van der Waals surface area (Å²) in [5, 5.41) is 10.8. The minimum absolute atomic E-state index is 0.0577. The number of halogens is 4. The van der Waals surface area contributed by atoms with Gasteiger partial charge in [-0.25, -0.2) is 0 Å². The molecular weight excluding hydrogens is 346 g/mol. The molecule has 2 heterocycles. The lowest BCUT2D eigenvalue weighted by molar-refractivity contribution is -0.387. The maximum atomic E-state index is 13.7. The summed E-state index contributed by atoms with van der Waals surface area (Å²) in [4.78, 5) is 26.9. The summed E-state index contributed by atoms with van der Waals surface area (Å²) in [6.07, 6.45) is -2.78. The standard InChI is InChI=1S/C15H9F4N3O3/c16-11-5-8-2-4-21(14(23)9(8)6-12(11)22(24)25)13-7-20-3-1-10(13)15(17,18)19/h1,3,5-7H,2,4H2. The number of carbonyl (C=O) groups is 1. The van der Waals surface area contributed by atoms with Crippen molar-refractivity contribution in [3.05, 3.63) is 63.2 Å². The molecule has 0 bridgehead atoms. The fraction of sp³-hybridized carbons (Fsp3) is 0.200. The van der Waals surface area contributed by atoms with Crippen molar-refractivity contribution in [3.8, 4) is 0 Å². The van der Waals surface area contributed by atoms with E-state index in [1.54, 1.807) is 0 Å². The number of fused-ring (bicyclic) bond motifs is 1. The summed E-state index contributed by atoms with van der Waals surface area (Å²) in [5.74, 6) is -1.97. The molecule has 1 aliphatic heterocycles. The first-order valence-electron chi connectivity index (χ1n) is 7.00. The van der Waals surface area contributed by atoms with E-state index in [2.05, 4.69) is 4.98 Å². The van der Waals surface area contributed by atoms with E-state index < -0.39 is 39.8 Å². The molecule has 0 fully saturated rings. The molecule has 6 nitrogen and oxygen atoms in total. The SMILES string of the molecule is O=C1c2cc([N+](=O)[O-])c(F)cc2CCN1c1cnccc1C(F)(F)F. The molecule has 0 aliphatic carbocycles. The minimum Gasteiger partial charge on any atom is -0.306 e. The lowest BCUT2D eigenvalue weighted by Gasteiger charge is -2.30. The number of benzene rings is 1. The Morgan fingerprint density at radius 2 is 2.00 bits per heavy atom. The van der Waals surface area contributed by atoms with Crippen LogP contribution in [0, 0.1) is 15.9 Å². The molecule has 1 aromatic heterocycles. The molecule has 0 N–H and O–H groups in total. The van der Waals surface area contributed by atoms with E-state index in [0.29, 0.717) is 0 Å². The van der Waals surface area contributed by atoms with Crippen LogP contribution in [0.2, 0.25) is 0 Å². The maximum absolute atomic E-state index is 13.7. The fourth-order valence-corrected chi connectivity index (χ4v) is 2.70. The van der Waals surface area contributed by atoms with Crippen LogP contribution in [0.3, 0.4) is 0 Å². The maximum Gasteiger partial charge on any atom is 0.418 e. The summed E-state index contributed by atoms with van der Waals surface area (Å²) in [6.45, 7) is -0.127. The van der Waals surface area contributed by atoms with Crippen molar-refractivity contribution < 1.29 is 27.3 Å². The van der Waals surface area contributed by atoms with E-state index in [9.17, 15) is 32.5 Å². The second-order valence-corrected chi connectivity index (χ2v) is 5.32. The molecule has 130 valence electrons. The van der Waals surface area contributed by atoms with Crippen molar-refractivity contribution >= 4 is 17.3 Å². The predicted octanol–water partition coefficient (Wildman–Crippen LogP) is 3.35. The summed E-state index contributed by atoms with van der Waals surface area (Å²) < 4.78 is 53.1. The molecule has 2 aromatic rings. The minimum atomic E-state index is -4.70. The Balaban J connectivity index is 2.09. The molecule has 25 heavy (non-hydrogen) atoms. The summed E-state index contributed by atoms with van der Waals surface area (Å²) >= 11 is 0. The molecule has 1 aliphatic rings. The van der Waals surface area contributed by atoms with Gasteiger partial charge in [0.05, 0.1) is 27.9 Å². The number of nitrogens with zero attached hydrogens (tertiary/aromatic N) is 3. The number of rotatable bonds is 2. The molecule has 0 unspecified atom stereocenters. The van der Waals surface area contributed by atoms with Gasteiger partial charge in [0.1, 0.15) is 0 Å². The Bertz CT molecular complexity index is 883. The van der Waals surface area contributed by atoms with Crippen molar-refractivity contribution in [1.82, 2.24) is 4.98 Å². The Labute approximate surface area is 137 Å². The van der Waals surface area contributed by atoms with Crippen molar-refractivity contribution in [2.45, 2.75) is 12.6 Å². The number of aromatic nitrogens is 1. The topological polar surface area (TPSA) is 76.3 Å². The number of alkyl halides is 3. The van der Waals surface area contributed by atoms with Gasteiger partial charge in [-0.15, -0.1) is 0 Å². The average molecular weight is 355 g/mol. The molecule has 3 rings (SSSR count). The number of amides is 1. The number of pyridine rings is 1. The van der Waals surface area contributed by atoms with Gasteiger partial charge in [0.15, 0.2) is 0 Å². The molecule has 0 saturated heterocycles. The molecule has 1 amide bonds. The highest BCUT2D eigenvalue weighted by Crippen LogP contribution is 2.38. The highest BCUT2D eigenvalue weighted by atomic mass is 19.4. The van der Waals surface area contributed by atoms with E-state index in [-0.39, 0.29) is 24.1 Å². The van der Waals surface area contributed by atoms with Crippen LogP contribution >= 0.6 is 0 Å². The second-order valence-electron chi connectivity index (χ2n) is 5.32. The third-order valence-electron chi connectivity index (χ3n) is 3.85. The fourth-order valence-electron chi connectivity index (χ4n) is 2.70. The Morgan fingerprint density at radius 1 is 1.28 bits per heavy atom.